The zero-order valence-corrected chi connectivity index (χ0v) is 13.2. The predicted molar refractivity (Wildman–Crippen MR) is 89.7 cm³/mol. The van der Waals surface area contributed by atoms with Crippen LogP contribution in [0, 0.1) is 0 Å². The van der Waals surface area contributed by atoms with E-state index in [-0.39, 0.29) is 0 Å². The Kier molecular flexibility index (Phi) is 4.51. The molecule has 0 unspecified atom stereocenters. The second-order valence-electron chi connectivity index (χ2n) is 5.06. The summed E-state index contributed by atoms with van der Waals surface area (Å²) in [6, 6.07) is 10.00. The summed E-state index contributed by atoms with van der Waals surface area (Å²) in [6.45, 7) is 3.78. The van der Waals surface area contributed by atoms with Gasteiger partial charge in [0.15, 0.2) is 0 Å². The first-order chi connectivity index (χ1) is 10.3. The molecule has 1 aliphatic rings. The number of hydrogen-bond acceptors (Lipinski definition) is 3. The Morgan fingerprint density at radius 3 is 2.29 bits per heavy atom. The van der Waals surface area contributed by atoms with Gasteiger partial charge in [0.25, 0.3) is 0 Å². The van der Waals surface area contributed by atoms with Crippen LogP contribution in [-0.4, -0.2) is 31.2 Å². The number of aromatic nitrogens is 1. The molecule has 1 aromatic carbocycles. The first-order valence-corrected chi connectivity index (χ1v) is 7.94. The predicted octanol–water partition coefficient (Wildman–Crippen LogP) is 3.80. The summed E-state index contributed by atoms with van der Waals surface area (Å²) < 4.78 is 0. The molecule has 2 heterocycles. The molecule has 0 aliphatic carbocycles. The fraction of sp³-hybridized carbons (Fsp3) is 0.312. The molecular weight excluding hydrogens is 305 g/mol. The molecule has 0 radical (unpaired) electrons. The van der Waals surface area contributed by atoms with E-state index < -0.39 is 0 Å². The van der Waals surface area contributed by atoms with Gasteiger partial charge in [0, 0.05) is 38.3 Å². The van der Waals surface area contributed by atoms with E-state index in [1.54, 1.807) is 6.20 Å². The van der Waals surface area contributed by atoms with Crippen molar-refractivity contribution in [1.82, 2.24) is 4.98 Å². The highest BCUT2D eigenvalue weighted by Crippen LogP contribution is 2.28. The molecule has 1 aromatic heterocycles. The number of nitrogens with zero attached hydrogens (tertiary/aromatic N) is 3. The van der Waals surface area contributed by atoms with Gasteiger partial charge in [-0.15, -0.1) is 11.6 Å². The normalized spacial score (nSPS) is 15.3. The van der Waals surface area contributed by atoms with Gasteiger partial charge < -0.3 is 9.80 Å². The minimum absolute atomic E-state index is 0.516. The van der Waals surface area contributed by atoms with Crippen LogP contribution < -0.4 is 9.80 Å². The van der Waals surface area contributed by atoms with Crippen LogP contribution in [-0.2, 0) is 5.88 Å². The number of piperazine rings is 1. The molecule has 0 atom stereocenters. The van der Waals surface area contributed by atoms with Gasteiger partial charge in [0.1, 0.15) is 0 Å². The van der Waals surface area contributed by atoms with Gasteiger partial charge in [-0.3, -0.25) is 4.98 Å². The van der Waals surface area contributed by atoms with Crippen molar-refractivity contribution in [2.45, 2.75) is 5.88 Å². The van der Waals surface area contributed by atoms with Crippen LogP contribution in [0.4, 0.5) is 11.4 Å². The van der Waals surface area contributed by atoms with Crippen LogP contribution in [0.25, 0.3) is 0 Å². The first kappa shape index (κ1) is 14.5. The van der Waals surface area contributed by atoms with Crippen LogP contribution in [0.15, 0.2) is 42.7 Å². The third-order valence-electron chi connectivity index (χ3n) is 3.85. The summed E-state index contributed by atoms with van der Waals surface area (Å²) in [5, 5.41) is 0.814. The van der Waals surface area contributed by atoms with Crippen LogP contribution in [0.5, 0.6) is 0 Å². The number of hydrogen-bond donors (Lipinski definition) is 0. The van der Waals surface area contributed by atoms with E-state index in [1.807, 2.05) is 30.5 Å². The summed E-state index contributed by atoms with van der Waals surface area (Å²) in [5.41, 5.74) is 3.40. The molecule has 3 nitrogen and oxygen atoms in total. The van der Waals surface area contributed by atoms with Gasteiger partial charge >= 0.3 is 0 Å². The molecular formula is C16H17Cl2N3. The fourth-order valence-electron chi connectivity index (χ4n) is 2.71. The Balaban J connectivity index is 1.72. The Morgan fingerprint density at radius 1 is 0.952 bits per heavy atom. The summed E-state index contributed by atoms with van der Waals surface area (Å²) in [4.78, 5) is 8.90. The maximum Gasteiger partial charge on any atom is 0.0639 e. The summed E-state index contributed by atoms with van der Waals surface area (Å²) in [5.74, 6) is 0.516. The van der Waals surface area contributed by atoms with Crippen molar-refractivity contribution in [1.29, 1.82) is 0 Å². The molecule has 2 aromatic rings. The van der Waals surface area contributed by atoms with E-state index in [9.17, 15) is 0 Å². The minimum atomic E-state index is 0.516. The number of alkyl halides is 1. The number of rotatable bonds is 3. The van der Waals surface area contributed by atoms with Gasteiger partial charge in [-0.2, -0.15) is 0 Å². The molecule has 110 valence electrons. The highest BCUT2D eigenvalue weighted by atomic mass is 35.5. The third kappa shape index (κ3) is 3.09. The molecule has 21 heavy (non-hydrogen) atoms. The molecule has 0 amide bonds. The van der Waals surface area contributed by atoms with Gasteiger partial charge in [-0.25, -0.2) is 0 Å². The van der Waals surface area contributed by atoms with Crippen molar-refractivity contribution in [2.24, 2.45) is 0 Å². The lowest BCUT2D eigenvalue weighted by molar-refractivity contribution is 0.651. The molecule has 1 saturated heterocycles. The summed E-state index contributed by atoms with van der Waals surface area (Å²) in [6.07, 6.45) is 3.70. The standard InChI is InChI=1S/C16H17Cl2N3/c17-11-13-5-6-19-12-16(13)21-9-7-20(8-10-21)15-4-2-1-3-14(15)18/h1-6,12H,7-11H2. The highest BCUT2D eigenvalue weighted by Gasteiger charge is 2.20. The van der Waals surface area contributed by atoms with E-state index in [2.05, 4.69) is 20.9 Å². The fourth-order valence-corrected chi connectivity index (χ4v) is 3.19. The number of anilines is 2. The number of pyridine rings is 1. The van der Waals surface area contributed by atoms with Crippen LogP contribution in [0.1, 0.15) is 5.56 Å². The average Bonchev–Trinajstić information content (AvgIpc) is 2.55. The topological polar surface area (TPSA) is 19.4 Å². The Labute approximate surface area is 135 Å². The Hall–Kier alpha value is -1.45. The summed E-state index contributed by atoms with van der Waals surface area (Å²) >= 11 is 12.3. The number of para-hydroxylation sites is 1. The van der Waals surface area contributed by atoms with Gasteiger partial charge in [0.2, 0.25) is 0 Å². The second kappa shape index (κ2) is 6.54. The van der Waals surface area contributed by atoms with Crippen molar-refractivity contribution >= 4 is 34.6 Å². The van der Waals surface area contributed by atoms with Crippen molar-refractivity contribution in [3.8, 4) is 0 Å². The van der Waals surface area contributed by atoms with Crippen molar-refractivity contribution in [2.75, 3.05) is 36.0 Å². The SMILES string of the molecule is ClCc1ccncc1N1CCN(c2ccccc2Cl)CC1. The minimum Gasteiger partial charge on any atom is -0.367 e. The maximum absolute atomic E-state index is 6.28. The smallest absolute Gasteiger partial charge is 0.0639 e. The van der Waals surface area contributed by atoms with E-state index in [4.69, 9.17) is 23.2 Å². The molecule has 1 aliphatic heterocycles. The molecule has 0 spiro atoms. The van der Waals surface area contributed by atoms with Gasteiger partial charge in [-0.1, -0.05) is 23.7 Å². The lowest BCUT2D eigenvalue weighted by atomic mass is 10.2. The zero-order valence-electron chi connectivity index (χ0n) is 11.7. The third-order valence-corrected chi connectivity index (χ3v) is 4.45. The van der Waals surface area contributed by atoms with Crippen LogP contribution >= 0.6 is 23.2 Å². The van der Waals surface area contributed by atoms with Crippen molar-refractivity contribution < 1.29 is 0 Å². The van der Waals surface area contributed by atoms with Crippen LogP contribution in [0.3, 0.4) is 0 Å². The first-order valence-electron chi connectivity index (χ1n) is 7.03. The van der Waals surface area contributed by atoms with E-state index in [1.165, 1.54) is 0 Å². The monoisotopic (exact) mass is 321 g/mol. The quantitative estimate of drug-likeness (QED) is 0.801. The molecule has 3 rings (SSSR count). The molecule has 0 saturated carbocycles. The molecule has 0 bridgehead atoms. The van der Waals surface area contributed by atoms with Gasteiger partial charge in [0.05, 0.1) is 22.6 Å². The Bertz CT molecular complexity index is 610. The second-order valence-corrected chi connectivity index (χ2v) is 5.74. The lowest BCUT2D eigenvalue weighted by Gasteiger charge is -2.38. The summed E-state index contributed by atoms with van der Waals surface area (Å²) in [7, 11) is 0. The Morgan fingerprint density at radius 2 is 1.62 bits per heavy atom. The molecule has 5 heteroatoms. The average molecular weight is 322 g/mol. The zero-order chi connectivity index (χ0) is 14.7. The maximum atomic E-state index is 6.28. The van der Waals surface area contributed by atoms with E-state index in [0.717, 1.165) is 48.1 Å². The van der Waals surface area contributed by atoms with Crippen LogP contribution in [0.2, 0.25) is 5.02 Å². The van der Waals surface area contributed by atoms with Crippen molar-refractivity contribution in [3.05, 3.63) is 53.3 Å². The molecule has 0 N–H and O–H groups in total. The lowest BCUT2D eigenvalue weighted by Crippen LogP contribution is -2.47. The number of halogens is 2. The number of benzene rings is 1. The molecule has 1 fully saturated rings. The van der Waals surface area contributed by atoms with E-state index in [0.29, 0.717) is 5.88 Å². The highest BCUT2D eigenvalue weighted by molar-refractivity contribution is 6.33. The van der Waals surface area contributed by atoms with E-state index >= 15 is 0 Å². The van der Waals surface area contributed by atoms with Gasteiger partial charge in [-0.05, 0) is 23.8 Å². The largest absolute Gasteiger partial charge is 0.367 e. The van der Waals surface area contributed by atoms with Crippen molar-refractivity contribution in [3.63, 3.8) is 0 Å².